The first-order valence-electron chi connectivity index (χ1n) is 6.45. The molecule has 0 atom stereocenters. The van der Waals surface area contributed by atoms with E-state index in [1.807, 2.05) is 26.0 Å². The molecule has 0 unspecified atom stereocenters. The first-order valence-corrected chi connectivity index (χ1v) is 6.85. The monoisotopic (exact) mass is 300 g/mol. The van der Waals surface area contributed by atoms with Crippen LogP contribution in [-0.2, 0) is 4.79 Å². The number of benzene rings is 1. The van der Waals surface area contributed by atoms with Crippen LogP contribution in [0, 0.1) is 13.8 Å². The summed E-state index contributed by atoms with van der Waals surface area (Å²) in [6, 6.07) is 9.51. The standard InChI is InChI=1S/C16H16N2O2S/c1-11-8-12(2)10-13(9-11)17-16(21)18-15(19)6-5-14-4-3-7-20-14/h3-10H,1-2H3,(H2,17,18,19,21)/b6-5+. The van der Waals surface area contributed by atoms with Crippen molar-refractivity contribution in [3.05, 3.63) is 59.6 Å². The van der Waals surface area contributed by atoms with Crippen LogP contribution in [0.15, 0.2) is 47.1 Å². The summed E-state index contributed by atoms with van der Waals surface area (Å²) < 4.78 is 5.10. The van der Waals surface area contributed by atoms with Crippen molar-refractivity contribution >= 4 is 35.0 Å². The Labute approximate surface area is 128 Å². The van der Waals surface area contributed by atoms with Gasteiger partial charge in [-0.3, -0.25) is 10.1 Å². The summed E-state index contributed by atoms with van der Waals surface area (Å²) >= 11 is 5.11. The molecule has 0 bridgehead atoms. The molecule has 2 aromatic rings. The van der Waals surface area contributed by atoms with Gasteiger partial charge in [-0.2, -0.15) is 0 Å². The first kappa shape index (κ1) is 15.0. The SMILES string of the molecule is Cc1cc(C)cc(NC(=S)NC(=O)/C=C/c2ccco2)c1. The molecular weight excluding hydrogens is 284 g/mol. The minimum absolute atomic E-state index is 0.258. The molecule has 0 saturated heterocycles. The van der Waals surface area contributed by atoms with E-state index in [2.05, 4.69) is 16.7 Å². The highest BCUT2D eigenvalue weighted by Gasteiger charge is 2.03. The quantitative estimate of drug-likeness (QED) is 0.673. The van der Waals surface area contributed by atoms with E-state index in [9.17, 15) is 4.79 Å². The molecule has 1 aromatic carbocycles. The Bertz CT molecular complexity index is 655. The van der Waals surface area contributed by atoms with Crippen molar-refractivity contribution in [3.8, 4) is 0 Å². The summed E-state index contributed by atoms with van der Waals surface area (Å²) in [5, 5.41) is 5.83. The minimum Gasteiger partial charge on any atom is -0.465 e. The number of carbonyl (C=O) groups excluding carboxylic acids is 1. The summed E-state index contributed by atoms with van der Waals surface area (Å²) in [6.45, 7) is 4.01. The zero-order chi connectivity index (χ0) is 15.2. The molecule has 1 aromatic heterocycles. The van der Waals surface area contributed by atoms with Crippen LogP contribution in [0.4, 0.5) is 5.69 Å². The largest absolute Gasteiger partial charge is 0.465 e. The van der Waals surface area contributed by atoms with E-state index in [0.717, 1.165) is 16.8 Å². The normalized spacial score (nSPS) is 10.6. The van der Waals surface area contributed by atoms with Crippen LogP contribution in [-0.4, -0.2) is 11.0 Å². The van der Waals surface area contributed by atoms with Crippen LogP contribution in [0.2, 0.25) is 0 Å². The third kappa shape index (κ3) is 4.89. The lowest BCUT2D eigenvalue weighted by Crippen LogP contribution is -2.32. The molecule has 5 heteroatoms. The van der Waals surface area contributed by atoms with Gasteiger partial charge in [0.05, 0.1) is 6.26 Å². The van der Waals surface area contributed by atoms with E-state index in [1.165, 1.54) is 6.08 Å². The van der Waals surface area contributed by atoms with Gasteiger partial charge in [0.15, 0.2) is 5.11 Å². The fourth-order valence-corrected chi connectivity index (χ4v) is 2.13. The van der Waals surface area contributed by atoms with E-state index in [1.54, 1.807) is 24.5 Å². The molecule has 1 heterocycles. The lowest BCUT2D eigenvalue weighted by molar-refractivity contribution is -0.115. The van der Waals surface area contributed by atoms with Gasteiger partial charge < -0.3 is 9.73 Å². The molecule has 0 saturated carbocycles. The average molecular weight is 300 g/mol. The molecular formula is C16H16N2O2S. The Morgan fingerprint density at radius 3 is 2.57 bits per heavy atom. The minimum atomic E-state index is -0.312. The Balaban J connectivity index is 1.90. The molecule has 4 nitrogen and oxygen atoms in total. The van der Waals surface area contributed by atoms with Crippen molar-refractivity contribution in [1.29, 1.82) is 0 Å². The molecule has 0 spiro atoms. The molecule has 0 aliphatic heterocycles. The van der Waals surface area contributed by atoms with Crippen molar-refractivity contribution in [1.82, 2.24) is 5.32 Å². The summed E-state index contributed by atoms with van der Waals surface area (Å²) in [5.41, 5.74) is 3.11. The number of carbonyl (C=O) groups is 1. The third-order valence-electron chi connectivity index (χ3n) is 2.66. The topological polar surface area (TPSA) is 54.3 Å². The second-order valence-corrected chi connectivity index (χ2v) is 5.08. The van der Waals surface area contributed by atoms with Gasteiger partial charge in [-0.15, -0.1) is 0 Å². The van der Waals surface area contributed by atoms with Gasteiger partial charge >= 0.3 is 0 Å². The lowest BCUT2D eigenvalue weighted by atomic mass is 10.1. The van der Waals surface area contributed by atoms with E-state index >= 15 is 0 Å². The fourth-order valence-electron chi connectivity index (χ4n) is 1.91. The van der Waals surface area contributed by atoms with Crippen molar-refractivity contribution in [2.45, 2.75) is 13.8 Å². The maximum atomic E-state index is 11.7. The molecule has 21 heavy (non-hydrogen) atoms. The number of rotatable bonds is 3. The lowest BCUT2D eigenvalue weighted by Gasteiger charge is -2.09. The summed E-state index contributed by atoms with van der Waals surface area (Å²) in [4.78, 5) is 11.7. The highest BCUT2D eigenvalue weighted by atomic mass is 32.1. The number of hydrogen-bond donors (Lipinski definition) is 2. The van der Waals surface area contributed by atoms with Gasteiger partial charge in [-0.05, 0) is 67.5 Å². The van der Waals surface area contributed by atoms with Crippen molar-refractivity contribution in [3.63, 3.8) is 0 Å². The van der Waals surface area contributed by atoms with Gasteiger partial charge in [0.1, 0.15) is 5.76 Å². The van der Waals surface area contributed by atoms with Crippen LogP contribution in [0.5, 0.6) is 0 Å². The van der Waals surface area contributed by atoms with Gasteiger partial charge in [-0.1, -0.05) is 6.07 Å². The zero-order valence-electron chi connectivity index (χ0n) is 11.8. The van der Waals surface area contributed by atoms with Crippen molar-refractivity contribution < 1.29 is 9.21 Å². The maximum Gasteiger partial charge on any atom is 0.250 e. The second kappa shape index (κ2) is 6.85. The first-order chi connectivity index (χ1) is 10.0. The summed E-state index contributed by atoms with van der Waals surface area (Å²) in [7, 11) is 0. The van der Waals surface area contributed by atoms with Crippen molar-refractivity contribution in [2.24, 2.45) is 0 Å². The molecule has 2 rings (SSSR count). The Morgan fingerprint density at radius 1 is 1.24 bits per heavy atom. The van der Waals surface area contributed by atoms with E-state index in [0.29, 0.717) is 5.76 Å². The Kier molecular flexibility index (Phi) is 4.90. The molecule has 0 fully saturated rings. The molecule has 2 N–H and O–H groups in total. The highest BCUT2D eigenvalue weighted by molar-refractivity contribution is 7.80. The van der Waals surface area contributed by atoms with Crippen LogP contribution < -0.4 is 10.6 Å². The summed E-state index contributed by atoms with van der Waals surface area (Å²) in [6.07, 6.45) is 4.49. The van der Waals surface area contributed by atoms with E-state index in [4.69, 9.17) is 16.6 Å². The van der Waals surface area contributed by atoms with E-state index < -0.39 is 0 Å². The zero-order valence-corrected chi connectivity index (χ0v) is 12.7. The van der Waals surface area contributed by atoms with Gasteiger partial charge in [0, 0.05) is 11.8 Å². The number of anilines is 1. The van der Waals surface area contributed by atoms with Gasteiger partial charge in [0.2, 0.25) is 5.91 Å². The number of furan rings is 1. The highest BCUT2D eigenvalue weighted by Crippen LogP contribution is 2.13. The van der Waals surface area contributed by atoms with Crippen LogP contribution in [0.1, 0.15) is 16.9 Å². The molecule has 0 aliphatic carbocycles. The average Bonchev–Trinajstić information content (AvgIpc) is 2.87. The van der Waals surface area contributed by atoms with Gasteiger partial charge in [-0.25, -0.2) is 0 Å². The molecule has 108 valence electrons. The fraction of sp³-hybridized carbons (Fsp3) is 0.125. The number of hydrogen-bond acceptors (Lipinski definition) is 3. The number of amides is 1. The second-order valence-electron chi connectivity index (χ2n) is 4.67. The molecule has 0 radical (unpaired) electrons. The van der Waals surface area contributed by atoms with Crippen LogP contribution >= 0.6 is 12.2 Å². The maximum absolute atomic E-state index is 11.7. The molecule has 1 amide bonds. The van der Waals surface area contributed by atoms with Gasteiger partial charge in [0.25, 0.3) is 0 Å². The number of nitrogens with one attached hydrogen (secondary N) is 2. The number of thiocarbonyl (C=S) groups is 1. The predicted molar refractivity (Wildman–Crippen MR) is 88.0 cm³/mol. The third-order valence-corrected chi connectivity index (χ3v) is 2.86. The predicted octanol–water partition coefficient (Wildman–Crippen LogP) is 3.42. The number of aryl methyl sites for hydroxylation is 2. The van der Waals surface area contributed by atoms with Crippen molar-refractivity contribution in [2.75, 3.05) is 5.32 Å². The van der Waals surface area contributed by atoms with E-state index in [-0.39, 0.29) is 11.0 Å². The van der Waals surface area contributed by atoms with Crippen LogP contribution in [0.3, 0.4) is 0 Å². The smallest absolute Gasteiger partial charge is 0.250 e. The summed E-state index contributed by atoms with van der Waals surface area (Å²) in [5.74, 6) is 0.298. The Morgan fingerprint density at radius 2 is 1.95 bits per heavy atom. The Hall–Kier alpha value is -2.40. The van der Waals surface area contributed by atoms with Crippen LogP contribution in [0.25, 0.3) is 6.08 Å². The molecule has 0 aliphatic rings.